The van der Waals surface area contributed by atoms with Gasteiger partial charge in [-0.15, -0.1) is 34.4 Å². The molecule has 15 heteroatoms. The summed E-state index contributed by atoms with van der Waals surface area (Å²) in [5, 5.41) is 22.9. The summed E-state index contributed by atoms with van der Waals surface area (Å²) in [6, 6.07) is 6.70. The van der Waals surface area contributed by atoms with Crippen molar-refractivity contribution in [1.82, 2.24) is 15.2 Å². The number of carbonyl (C=O) groups is 4. The number of nitrogens with one attached hydrogen (secondary N) is 2. The number of ether oxygens (including phenoxy) is 1. The van der Waals surface area contributed by atoms with Crippen molar-refractivity contribution in [2.75, 3.05) is 18.2 Å². The zero-order valence-corrected chi connectivity index (χ0v) is 24.7. The highest BCUT2D eigenvalue weighted by atomic mass is 32.2. The van der Waals surface area contributed by atoms with E-state index < -0.39 is 40.9 Å². The summed E-state index contributed by atoms with van der Waals surface area (Å²) in [5.74, 6) is -2.16. The smallest absolute Gasteiger partial charge is 0.413 e. The van der Waals surface area contributed by atoms with Crippen LogP contribution in [0.1, 0.15) is 32.0 Å². The van der Waals surface area contributed by atoms with E-state index in [0.29, 0.717) is 11.3 Å². The maximum absolute atomic E-state index is 13.2. The number of fused-ring (bicyclic) bond motifs is 2. The Hall–Kier alpha value is -3.95. The fourth-order valence-electron chi connectivity index (χ4n) is 4.37. The number of β-lactam (4-membered cyclic amide) rings is 1. The molecular formula is C26H25N5O7S3. The van der Waals surface area contributed by atoms with E-state index in [1.54, 1.807) is 20.8 Å². The van der Waals surface area contributed by atoms with Gasteiger partial charge in [-0.25, -0.2) is 14.6 Å². The Labute approximate surface area is 246 Å². The van der Waals surface area contributed by atoms with Crippen molar-refractivity contribution in [2.45, 2.75) is 37.8 Å². The molecule has 41 heavy (non-hydrogen) atoms. The minimum atomic E-state index is -1.21. The van der Waals surface area contributed by atoms with E-state index in [1.165, 1.54) is 40.5 Å². The highest BCUT2D eigenvalue weighted by molar-refractivity contribution is 8.00. The number of aromatic nitrogens is 1. The first-order chi connectivity index (χ1) is 19.5. The maximum atomic E-state index is 13.2. The number of amides is 3. The highest BCUT2D eigenvalue weighted by Crippen LogP contribution is 2.45. The Kier molecular flexibility index (Phi) is 7.76. The molecule has 0 saturated carbocycles. The van der Waals surface area contributed by atoms with Crippen molar-refractivity contribution in [3.63, 3.8) is 0 Å². The fraction of sp³-hybridized carbons (Fsp3) is 0.308. The number of carboxylic acids is 1. The molecule has 0 spiro atoms. The molecule has 2 aromatic heterocycles. The highest BCUT2D eigenvalue weighted by Gasteiger charge is 2.54. The minimum Gasteiger partial charge on any atom is -0.477 e. The Bertz CT molecular complexity index is 1620. The molecule has 12 nitrogen and oxygen atoms in total. The molecule has 2 atom stereocenters. The number of anilines is 1. The number of carboxylic acid groups (broad SMARTS) is 1. The molecule has 0 unspecified atom stereocenters. The number of aliphatic carboxylic acids is 1. The van der Waals surface area contributed by atoms with E-state index in [1.807, 2.05) is 29.6 Å². The molecule has 0 bridgehead atoms. The first kappa shape index (κ1) is 28.6. The summed E-state index contributed by atoms with van der Waals surface area (Å²) >= 11 is 3.92. The van der Waals surface area contributed by atoms with Gasteiger partial charge in [-0.1, -0.05) is 23.4 Å². The van der Waals surface area contributed by atoms with Crippen LogP contribution in [0.2, 0.25) is 0 Å². The van der Waals surface area contributed by atoms with Crippen LogP contribution < -0.4 is 10.6 Å². The van der Waals surface area contributed by atoms with Gasteiger partial charge in [0.1, 0.15) is 35.5 Å². The molecule has 5 rings (SSSR count). The third-order valence-corrected chi connectivity index (χ3v) is 9.02. The first-order valence-electron chi connectivity index (χ1n) is 12.2. The van der Waals surface area contributed by atoms with Gasteiger partial charge in [-0.2, -0.15) is 0 Å². The zero-order chi connectivity index (χ0) is 29.5. The van der Waals surface area contributed by atoms with Crippen molar-refractivity contribution in [3.05, 3.63) is 52.0 Å². The molecule has 1 fully saturated rings. The van der Waals surface area contributed by atoms with Crippen LogP contribution >= 0.6 is 34.4 Å². The molecule has 0 aliphatic carbocycles. The molecule has 3 aromatic rings. The van der Waals surface area contributed by atoms with Gasteiger partial charge in [0.25, 0.3) is 11.8 Å². The molecule has 3 amide bonds. The topological polar surface area (TPSA) is 160 Å². The van der Waals surface area contributed by atoms with Crippen molar-refractivity contribution < 1.29 is 33.9 Å². The average Bonchev–Trinajstić information content (AvgIpc) is 3.55. The Morgan fingerprint density at radius 1 is 1.17 bits per heavy atom. The number of thioether (sulfide) groups is 1. The van der Waals surface area contributed by atoms with Crippen LogP contribution in [0.5, 0.6) is 0 Å². The Morgan fingerprint density at radius 2 is 1.93 bits per heavy atom. The fourth-order valence-corrected chi connectivity index (χ4v) is 7.40. The SMILES string of the molecule is CON=C(C(=O)N[C@H]1C(=O)N2C(C(=O)O)=C(c3csc4ccccc34)CS[C@@H]12)c1csc(NC(=O)OC(C)(C)C)n1. The molecule has 0 radical (unpaired) electrons. The lowest BCUT2D eigenvalue weighted by atomic mass is 9.98. The third kappa shape index (κ3) is 5.64. The molecule has 214 valence electrons. The van der Waals surface area contributed by atoms with Crippen molar-refractivity contribution in [1.29, 1.82) is 0 Å². The molecule has 4 heterocycles. The van der Waals surface area contributed by atoms with E-state index >= 15 is 0 Å². The van der Waals surface area contributed by atoms with Gasteiger partial charge in [0, 0.05) is 26.8 Å². The Balaban J connectivity index is 1.33. The molecule has 3 N–H and O–H groups in total. The van der Waals surface area contributed by atoms with E-state index in [-0.39, 0.29) is 22.2 Å². The van der Waals surface area contributed by atoms with E-state index in [0.717, 1.165) is 27.0 Å². The van der Waals surface area contributed by atoms with Crippen LogP contribution in [0, 0.1) is 0 Å². The Morgan fingerprint density at radius 3 is 2.63 bits per heavy atom. The number of hydrogen-bond acceptors (Lipinski definition) is 11. The number of nitrogens with zero attached hydrogens (tertiary/aromatic N) is 3. The second kappa shape index (κ2) is 11.1. The second-order valence-electron chi connectivity index (χ2n) is 9.93. The maximum Gasteiger partial charge on any atom is 0.413 e. The normalized spacial score (nSPS) is 19.0. The monoisotopic (exact) mass is 615 g/mol. The summed E-state index contributed by atoms with van der Waals surface area (Å²) in [6.07, 6.45) is -0.709. The minimum absolute atomic E-state index is 0.0871. The predicted octanol–water partition coefficient (Wildman–Crippen LogP) is 3.95. The first-order valence-corrected chi connectivity index (χ1v) is 15.0. The van der Waals surface area contributed by atoms with Crippen LogP contribution in [0.25, 0.3) is 15.7 Å². The number of thiophene rings is 1. The van der Waals surface area contributed by atoms with Crippen molar-refractivity contribution >= 4 is 84.8 Å². The lowest BCUT2D eigenvalue weighted by Crippen LogP contribution is -2.71. The number of carbonyl (C=O) groups excluding carboxylic acids is 3. The lowest BCUT2D eigenvalue weighted by molar-refractivity contribution is -0.149. The molecule has 1 aromatic carbocycles. The van der Waals surface area contributed by atoms with Crippen molar-refractivity contribution in [3.8, 4) is 0 Å². The van der Waals surface area contributed by atoms with Crippen LogP contribution in [-0.2, 0) is 24.0 Å². The predicted molar refractivity (Wildman–Crippen MR) is 157 cm³/mol. The molecule has 1 saturated heterocycles. The van der Waals surface area contributed by atoms with Crippen LogP contribution in [0.15, 0.2) is 45.9 Å². The summed E-state index contributed by atoms with van der Waals surface area (Å²) in [7, 11) is 1.26. The third-order valence-electron chi connectivity index (χ3n) is 6.02. The zero-order valence-electron chi connectivity index (χ0n) is 22.3. The number of oxime groups is 1. The number of thiazole rings is 1. The largest absolute Gasteiger partial charge is 0.477 e. The average molecular weight is 616 g/mol. The summed E-state index contributed by atoms with van der Waals surface area (Å²) in [5.41, 5.74) is 0.439. The van der Waals surface area contributed by atoms with E-state index in [2.05, 4.69) is 20.8 Å². The van der Waals surface area contributed by atoms with Gasteiger partial charge in [-0.05, 0) is 37.8 Å². The standard InChI is InChI=1S/C26H25N5O7S3/c1-26(2,3)38-25(36)29-24-27-15(11-41-24)17(30-37-4)20(32)28-18-21(33)31-19(23(34)35)14(10-40-22(18)31)13-9-39-16-8-6-5-7-12(13)16/h5-9,11,18,22H,10H2,1-4H3,(H,28,32)(H,34,35)(H,27,29,36)/t18-,22-/m0/s1. The van der Waals surface area contributed by atoms with Gasteiger partial charge in [0.15, 0.2) is 10.8 Å². The van der Waals surface area contributed by atoms with Gasteiger partial charge in [0.2, 0.25) is 0 Å². The van der Waals surface area contributed by atoms with Gasteiger partial charge in [-0.3, -0.25) is 19.8 Å². The summed E-state index contributed by atoms with van der Waals surface area (Å²) in [6.45, 7) is 5.17. The van der Waals surface area contributed by atoms with Gasteiger partial charge >= 0.3 is 12.1 Å². The van der Waals surface area contributed by atoms with Gasteiger partial charge < -0.3 is 20.0 Å². The van der Waals surface area contributed by atoms with Crippen molar-refractivity contribution in [2.24, 2.45) is 5.16 Å². The molecule has 2 aliphatic heterocycles. The molecular weight excluding hydrogens is 591 g/mol. The van der Waals surface area contributed by atoms with Crippen LogP contribution in [-0.4, -0.2) is 74.5 Å². The number of rotatable bonds is 7. The number of hydrogen-bond donors (Lipinski definition) is 3. The molecule has 2 aliphatic rings. The lowest BCUT2D eigenvalue weighted by Gasteiger charge is -2.49. The van der Waals surface area contributed by atoms with E-state index in [9.17, 15) is 24.3 Å². The second-order valence-corrected chi connectivity index (χ2v) is 12.8. The number of benzene rings is 1. The summed E-state index contributed by atoms with van der Waals surface area (Å²) < 4.78 is 6.23. The van der Waals surface area contributed by atoms with Crippen LogP contribution in [0.3, 0.4) is 0 Å². The van der Waals surface area contributed by atoms with Gasteiger partial charge in [0.05, 0.1) is 0 Å². The van der Waals surface area contributed by atoms with E-state index in [4.69, 9.17) is 9.57 Å². The van der Waals surface area contributed by atoms with Crippen LogP contribution in [0.4, 0.5) is 9.93 Å². The summed E-state index contributed by atoms with van der Waals surface area (Å²) in [4.78, 5) is 61.2. The quantitative estimate of drug-likeness (QED) is 0.203.